The van der Waals surface area contributed by atoms with Crippen LogP contribution in [0, 0.1) is 0 Å². The molecule has 2 rings (SSSR count). The number of amides is 1. The van der Waals surface area contributed by atoms with Gasteiger partial charge < -0.3 is 19.9 Å². The maximum absolute atomic E-state index is 12.1. The topological polar surface area (TPSA) is 57.2 Å². The van der Waals surface area contributed by atoms with Crippen LogP contribution >= 0.6 is 24.0 Å². The van der Waals surface area contributed by atoms with Gasteiger partial charge in [0.2, 0.25) is 5.91 Å². The maximum Gasteiger partial charge on any atom is 0.242 e. The molecule has 0 bridgehead atoms. The van der Waals surface area contributed by atoms with Crippen LogP contribution in [-0.2, 0) is 16.1 Å². The van der Waals surface area contributed by atoms with Gasteiger partial charge in [0.15, 0.2) is 5.96 Å². The Balaban J connectivity index is 0.00000264. The average molecular weight is 432 g/mol. The van der Waals surface area contributed by atoms with E-state index in [0.717, 1.165) is 5.56 Å². The lowest BCUT2D eigenvalue weighted by Crippen LogP contribution is -2.47. The number of morpholine rings is 1. The third-order valence-corrected chi connectivity index (χ3v) is 3.44. The first kappa shape index (κ1) is 19.7. The van der Waals surface area contributed by atoms with Gasteiger partial charge in [0, 0.05) is 27.2 Å². The molecule has 0 aromatic heterocycles. The highest BCUT2D eigenvalue weighted by molar-refractivity contribution is 14.0. The Kier molecular flexibility index (Phi) is 8.93. The molecule has 0 atom stereocenters. The van der Waals surface area contributed by atoms with Gasteiger partial charge in [-0.25, -0.2) is 4.99 Å². The van der Waals surface area contributed by atoms with Gasteiger partial charge in [-0.2, -0.15) is 0 Å². The van der Waals surface area contributed by atoms with Crippen LogP contribution in [0.3, 0.4) is 0 Å². The molecule has 0 aliphatic carbocycles. The average Bonchev–Trinajstić information content (AvgIpc) is 2.56. The lowest BCUT2D eigenvalue weighted by molar-refractivity contribution is -0.134. The molecular formula is C16H25IN4O2. The molecule has 1 aromatic carbocycles. The van der Waals surface area contributed by atoms with Gasteiger partial charge in [-0.3, -0.25) is 4.79 Å². The molecule has 0 radical (unpaired) electrons. The van der Waals surface area contributed by atoms with Gasteiger partial charge in [0.05, 0.1) is 26.3 Å². The number of nitrogens with one attached hydrogen (secondary N) is 1. The van der Waals surface area contributed by atoms with E-state index in [1.165, 1.54) is 0 Å². The summed E-state index contributed by atoms with van der Waals surface area (Å²) in [6, 6.07) is 10.1. The van der Waals surface area contributed by atoms with Crippen molar-refractivity contribution in [3.63, 3.8) is 0 Å². The van der Waals surface area contributed by atoms with Crippen molar-refractivity contribution in [2.45, 2.75) is 6.54 Å². The fourth-order valence-electron chi connectivity index (χ4n) is 2.18. The molecule has 1 amide bonds. The molecule has 1 heterocycles. The summed E-state index contributed by atoms with van der Waals surface area (Å²) in [4.78, 5) is 20.4. The molecule has 1 aliphatic rings. The second-order valence-electron chi connectivity index (χ2n) is 5.37. The Bertz CT molecular complexity index is 502. The second kappa shape index (κ2) is 10.4. The van der Waals surface area contributed by atoms with Crippen molar-refractivity contribution >= 4 is 35.8 Å². The molecule has 1 aliphatic heterocycles. The summed E-state index contributed by atoms with van der Waals surface area (Å²) in [6.07, 6.45) is 0. The predicted octanol–water partition coefficient (Wildman–Crippen LogP) is 1.17. The van der Waals surface area contributed by atoms with Crippen molar-refractivity contribution in [2.75, 3.05) is 46.9 Å². The Hall–Kier alpha value is -1.35. The summed E-state index contributed by atoms with van der Waals surface area (Å²) in [5, 5.41) is 3.13. The van der Waals surface area contributed by atoms with Gasteiger partial charge in [-0.1, -0.05) is 30.3 Å². The van der Waals surface area contributed by atoms with Crippen LogP contribution in [0.1, 0.15) is 5.56 Å². The number of aliphatic imine (C=N–C) groups is 1. The molecule has 7 heteroatoms. The normalized spacial score (nSPS) is 14.9. The first-order valence-electron chi connectivity index (χ1n) is 7.52. The van der Waals surface area contributed by atoms with Gasteiger partial charge in [0.1, 0.15) is 0 Å². The van der Waals surface area contributed by atoms with E-state index < -0.39 is 0 Å². The number of rotatable bonds is 4. The van der Waals surface area contributed by atoms with Crippen LogP contribution in [0.25, 0.3) is 0 Å². The molecule has 6 nitrogen and oxygen atoms in total. The SMILES string of the molecule is CN(C)C(=NCc1ccccc1)NCC(=O)N1CCOCC1.I. The van der Waals surface area contributed by atoms with Crippen molar-refractivity contribution in [1.82, 2.24) is 15.1 Å². The summed E-state index contributed by atoms with van der Waals surface area (Å²) in [6.45, 7) is 3.42. The fourth-order valence-corrected chi connectivity index (χ4v) is 2.18. The van der Waals surface area contributed by atoms with Gasteiger partial charge in [-0.05, 0) is 5.56 Å². The molecule has 128 valence electrons. The minimum absolute atomic E-state index is 0. The molecule has 1 N–H and O–H groups in total. The van der Waals surface area contributed by atoms with Gasteiger partial charge in [-0.15, -0.1) is 24.0 Å². The maximum atomic E-state index is 12.1. The first-order valence-corrected chi connectivity index (χ1v) is 7.52. The Morgan fingerprint density at radius 3 is 2.52 bits per heavy atom. The van der Waals surface area contributed by atoms with Crippen LogP contribution in [0.5, 0.6) is 0 Å². The van der Waals surface area contributed by atoms with Crippen molar-refractivity contribution in [3.05, 3.63) is 35.9 Å². The second-order valence-corrected chi connectivity index (χ2v) is 5.37. The zero-order chi connectivity index (χ0) is 15.8. The Labute approximate surface area is 154 Å². The summed E-state index contributed by atoms with van der Waals surface area (Å²) < 4.78 is 5.25. The van der Waals surface area contributed by atoms with E-state index in [4.69, 9.17) is 4.74 Å². The lowest BCUT2D eigenvalue weighted by Gasteiger charge is -2.27. The van der Waals surface area contributed by atoms with E-state index in [-0.39, 0.29) is 36.4 Å². The number of carbonyl (C=O) groups excluding carboxylic acids is 1. The minimum Gasteiger partial charge on any atom is -0.378 e. The Morgan fingerprint density at radius 2 is 1.91 bits per heavy atom. The Morgan fingerprint density at radius 1 is 1.26 bits per heavy atom. The molecule has 0 unspecified atom stereocenters. The monoisotopic (exact) mass is 432 g/mol. The number of benzene rings is 1. The largest absolute Gasteiger partial charge is 0.378 e. The van der Waals surface area contributed by atoms with E-state index in [9.17, 15) is 4.79 Å². The lowest BCUT2D eigenvalue weighted by atomic mass is 10.2. The number of halogens is 1. The highest BCUT2D eigenvalue weighted by Gasteiger charge is 2.17. The highest BCUT2D eigenvalue weighted by atomic mass is 127. The van der Waals surface area contributed by atoms with E-state index >= 15 is 0 Å². The molecule has 1 aromatic rings. The van der Waals surface area contributed by atoms with E-state index in [1.807, 2.05) is 54.2 Å². The number of carbonyl (C=O) groups is 1. The number of hydrogen-bond donors (Lipinski definition) is 1. The predicted molar refractivity (Wildman–Crippen MR) is 102 cm³/mol. The summed E-state index contributed by atoms with van der Waals surface area (Å²) in [7, 11) is 3.83. The highest BCUT2D eigenvalue weighted by Crippen LogP contribution is 2.01. The quantitative estimate of drug-likeness (QED) is 0.441. The zero-order valence-corrected chi connectivity index (χ0v) is 16.0. The van der Waals surface area contributed by atoms with Crippen LogP contribution in [-0.4, -0.2) is 68.6 Å². The summed E-state index contributed by atoms with van der Waals surface area (Å²) >= 11 is 0. The first-order chi connectivity index (χ1) is 10.7. The number of guanidine groups is 1. The molecular weight excluding hydrogens is 407 g/mol. The molecule has 0 spiro atoms. The summed E-state index contributed by atoms with van der Waals surface area (Å²) in [5.41, 5.74) is 1.14. The smallest absolute Gasteiger partial charge is 0.242 e. The fraction of sp³-hybridized carbons (Fsp3) is 0.500. The van der Waals surface area contributed by atoms with Gasteiger partial charge in [0.25, 0.3) is 0 Å². The third-order valence-electron chi connectivity index (χ3n) is 3.44. The summed E-state index contributed by atoms with van der Waals surface area (Å²) in [5.74, 6) is 0.794. The molecule has 1 fully saturated rings. The van der Waals surface area contributed by atoms with Crippen molar-refractivity contribution in [3.8, 4) is 0 Å². The number of ether oxygens (including phenoxy) is 1. The zero-order valence-electron chi connectivity index (χ0n) is 13.7. The van der Waals surface area contributed by atoms with Crippen LogP contribution in [0.2, 0.25) is 0 Å². The standard InChI is InChI=1S/C16H24N4O2.HI/c1-19(2)16(17-12-14-6-4-3-5-7-14)18-13-15(21)20-8-10-22-11-9-20;/h3-7H,8-13H2,1-2H3,(H,17,18);1H. The van der Waals surface area contributed by atoms with Crippen molar-refractivity contribution in [2.24, 2.45) is 4.99 Å². The minimum atomic E-state index is 0. The molecule has 0 saturated carbocycles. The van der Waals surface area contributed by atoms with Crippen LogP contribution < -0.4 is 5.32 Å². The molecule has 23 heavy (non-hydrogen) atoms. The van der Waals surface area contributed by atoms with Crippen molar-refractivity contribution < 1.29 is 9.53 Å². The van der Waals surface area contributed by atoms with Crippen LogP contribution in [0.15, 0.2) is 35.3 Å². The van der Waals surface area contributed by atoms with E-state index in [2.05, 4.69) is 10.3 Å². The molecule has 1 saturated heterocycles. The van der Waals surface area contributed by atoms with E-state index in [1.54, 1.807) is 0 Å². The number of nitrogens with zero attached hydrogens (tertiary/aromatic N) is 3. The van der Waals surface area contributed by atoms with Crippen molar-refractivity contribution in [1.29, 1.82) is 0 Å². The van der Waals surface area contributed by atoms with E-state index in [0.29, 0.717) is 38.8 Å². The van der Waals surface area contributed by atoms with Gasteiger partial charge >= 0.3 is 0 Å². The van der Waals surface area contributed by atoms with Crippen LogP contribution in [0.4, 0.5) is 0 Å². The number of hydrogen-bond acceptors (Lipinski definition) is 3. The third kappa shape index (κ3) is 6.74.